The van der Waals surface area contributed by atoms with Gasteiger partial charge in [0, 0.05) is 10.8 Å². The molecule has 0 bridgehead atoms. The van der Waals surface area contributed by atoms with Gasteiger partial charge in [0.25, 0.3) is 0 Å². The van der Waals surface area contributed by atoms with E-state index in [0.29, 0.717) is 0 Å². The second-order valence-corrected chi connectivity index (χ2v) is 12.8. The molecule has 1 aromatic heterocycles. The van der Waals surface area contributed by atoms with Gasteiger partial charge in [0.05, 0.1) is 0 Å². The Bertz CT molecular complexity index is 2790. The third kappa shape index (κ3) is 4.40. The minimum absolute atomic E-state index is 0.903. The zero-order chi connectivity index (χ0) is 32.3. The van der Waals surface area contributed by atoms with Gasteiger partial charge in [-0.3, -0.25) is 0 Å². The summed E-state index contributed by atoms with van der Waals surface area (Å²) >= 11 is 0. The molecule has 0 fully saturated rings. The van der Waals surface area contributed by atoms with E-state index in [1.54, 1.807) is 0 Å². The molecule has 0 aliphatic carbocycles. The Balaban J connectivity index is 1.25. The highest BCUT2D eigenvalue weighted by molar-refractivity contribution is 6.23. The molecular formula is C48H30O. The second-order valence-electron chi connectivity index (χ2n) is 12.8. The average molecular weight is 623 g/mol. The molecule has 10 aromatic rings. The van der Waals surface area contributed by atoms with E-state index in [2.05, 4.69) is 176 Å². The highest BCUT2D eigenvalue weighted by atomic mass is 16.3. The van der Waals surface area contributed by atoms with Crippen molar-refractivity contribution in [2.45, 2.75) is 0 Å². The number of furan rings is 1. The van der Waals surface area contributed by atoms with Crippen LogP contribution in [0.2, 0.25) is 0 Å². The van der Waals surface area contributed by atoms with Crippen LogP contribution in [0.15, 0.2) is 186 Å². The van der Waals surface area contributed by atoms with Gasteiger partial charge in [0.2, 0.25) is 0 Å². The van der Waals surface area contributed by atoms with Crippen molar-refractivity contribution in [1.82, 2.24) is 0 Å². The molecule has 0 aliphatic heterocycles. The molecule has 10 rings (SSSR count). The van der Waals surface area contributed by atoms with E-state index in [4.69, 9.17) is 4.42 Å². The maximum Gasteiger partial charge on any atom is 0.136 e. The van der Waals surface area contributed by atoms with E-state index in [0.717, 1.165) is 27.5 Å². The van der Waals surface area contributed by atoms with Crippen LogP contribution in [-0.2, 0) is 0 Å². The third-order valence-corrected chi connectivity index (χ3v) is 10.1. The number of rotatable bonds is 4. The Labute approximate surface area is 284 Å². The molecule has 0 atom stereocenters. The minimum Gasteiger partial charge on any atom is -0.456 e. The lowest BCUT2D eigenvalue weighted by molar-refractivity contribution is 0.669. The number of hydrogen-bond acceptors (Lipinski definition) is 1. The van der Waals surface area contributed by atoms with E-state index in [1.165, 1.54) is 71.3 Å². The fraction of sp³-hybridized carbons (Fsp3) is 0. The average Bonchev–Trinajstić information content (AvgIpc) is 3.54. The Morgan fingerprint density at radius 1 is 0.265 bits per heavy atom. The number of para-hydroxylation sites is 1. The van der Waals surface area contributed by atoms with Gasteiger partial charge in [-0.15, -0.1) is 0 Å². The predicted octanol–water partition coefficient (Wildman–Crippen LogP) is 13.7. The van der Waals surface area contributed by atoms with Crippen LogP contribution in [0.4, 0.5) is 0 Å². The molecule has 1 heterocycles. The quantitative estimate of drug-likeness (QED) is 0.178. The van der Waals surface area contributed by atoms with Crippen molar-refractivity contribution in [3.05, 3.63) is 182 Å². The van der Waals surface area contributed by atoms with Crippen LogP contribution in [0, 0.1) is 0 Å². The molecule has 9 aromatic carbocycles. The predicted molar refractivity (Wildman–Crippen MR) is 208 cm³/mol. The van der Waals surface area contributed by atoms with E-state index in [1.807, 2.05) is 6.07 Å². The van der Waals surface area contributed by atoms with Gasteiger partial charge in [-0.1, -0.05) is 164 Å². The monoisotopic (exact) mass is 622 g/mol. The molecule has 1 nitrogen and oxygen atoms in total. The molecule has 0 saturated heterocycles. The summed E-state index contributed by atoms with van der Waals surface area (Å²) in [6, 6.07) is 65.8. The summed E-state index contributed by atoms with van der Waals surface area (Å²) in [5.74, 6) is 0. The van der Waals surface area contributed by atoms with Crippen LogP contribution < -0.4 is 0 Å². The maximum absolute atomic E-state index is 6.42. The van der Waals surface area contributed by atoms with Crippen molar-refractivity contribution in [3.8, 4) is 44.5 Å². The SMILES string of the molecule is c1ccc(-c2cc3oc4ccccc4c3cc2-c2c3ccccc3c(-c3ccc(-c4cccc5ccccc45)cc3)c3ccccc23)cc1. The van der Waals surface area contributed by atoms with Crippen molar-refractivity contribution in [1.29, 1.82) is 0 Å². The minimum atomic E-state index is 0.903. The lowest BCUT2D eigenvalue weighted by Gasteiger charge is -2.20. The summed E-state index contributed by atoms with van der Waals surface area (Å²) in [6.45, 7) is 0. The molecule has 228 valence electrons. The Kier molecular flexibility index (Phi) is 6.25. The van der Waals surface area contributed by atoms with E-state index < -0.39 is 0 Å². The molecule has 0 N–H and O–H groups in total. The molecule has 0 spiro atoms. The van der Waals surface area contributed by atoms with Crippen molar-refractivity contribution < 1.29 is 4.42 Å². The normalized spacial score (nSPS) is 11.7. The molecule has 1 heteroatoms. The van der Waals surface area contributed by atoms with Crippen molar-refractivity contribution >= 4 is 54.3 Å². The molecule has 0 radical (unpaired) electrons. The smallest absolute Gasteiger partial charge is 0.136 e. The van der Waals surface area contributed by atoms with Crippen LogP contribution in [0.3, 0.4) is 0 Å². The molecular weight excluding hydrogens is 593 g/mol. The largest absolute Gasteiger partial charge is 0.456 e. The molecule has 49 heavy (non-hydrogen) atoms. The first-order valence-corrected chi connectivity index (χ1v) is 16.8. The molecule has 0 saturated carbocycles. The molecule has 0 aliphatic rings. The summed E-state index contributed by atoms with van der Waals surface area (Å²) < 4.78 is 6.42. The number of benzene rings is 9. The summed E-state index contributed by atoms with van der Waals surface area (Å²) in [7, 11) is 0. The fourth-order valence-electron chi connectivity index (χ4n) is 7.86. The highest BCUT2D eigenvalue weighted by Gasteiger charge is 2.21. The fourth-order valence-corrected chi connectivity index (χ4v) is 7.86. The summed E-state index contributed by atoms with van der Waals surface area (Å²) in [5, 5.41) is 9.75. The number of fused-ring (bicyclic) bond motifs is 6. The van der Waals surface area contributed by atoms with Crippen molar-refractivity contribution in [2.24, 2.45) is 0 Å². The second kappa shape index (κ2) is 11.1. The van der Waals surface area contributed by atoms with Gasteiger partial charge in [-0.2, -0.15) is 0 Å². The van der Waals surface area contributed by atoms with Gasteiger partial charge < -0.3 is 4.42 Å². The summed E-state index contributed by atoms with van der Waals surface area (Å²) in [4.78, 5) is 0. The zero-order valence-electron chi connectivity index (χ0n) is 26.7. The molecule has 0 unspecified atom stereocenters. The topological polar surface area (TPSA) is 13.1 Å². The van der Waals surface area contributed by atoms with Gasteiger partial charge in [-0.25, -0.2) is 0 Å². The van der Waals surface area contributed by atoms with Crippen LogP contribution in [0.1, 0.15) is 0 Å². The van der Waals surface area contributed by atoms with Crippen LogP contribution in [0.5, 0.6) is 0 Å². The van der Waals surface area contributed by atoms with Gasteiger partial charge >= 0.3 is 0 Å². The summed E-state index contributed by atoms with van der Waals surface area (Å²) in [6.07, 6.45) is 0. The first kappa shape index (κ1) is 27.7. The van der Waals surface area contributed by atoms with Gasteiger partial charge in [0.1, 0.15) is 11.2 Å². The van der Waals surface area contributed by atoms with Crippen molar-refractivity contribution in [3.63, 3.8) is 0 Å². The van der Waals surface area contributed by atoms with Crippen LogP contribution in [0.25, 0.3) is 98.8 Å². The van der Waals surface area contributed by atoms with E-state index >= 15 is 0 Å². The third-order valence-electron chi connectivity index (χ3n) is 10.1. The first-order valence-electron chi connectivity index (χ1n) is 16.8. The van der Waals surface area contributed by atoms with E-state index in [-0.39, 0.29) is 0 Å². The number of hydrogen-bond donors (Lipinski definition) is 0. The maximum atomic E-state index is 6.42. The highest BCUT2D eigenvalue weighted by Crippen LogP contribution is 2.48. The summed E-state index contributed by atoms with van der Waals surface area (Å²) in [5.41, 5.74) is 11.5. The van der Waals surface area contributed by atoms with Crippen LogP contribution in [-0.4, -0.2) is 0 Å². The van der Waals surface area contributed by atoms with E-state index in [9.17, 15) is 0 Å². The first-order chi connectivity index (χ1) is 24.3. The standard InChI is InChI=1S/C48H30O/c1-2-13-32(14-3-1)42-30-46-43(37-18-10-11-24-45(37)49-46)29-44(42)48-40-21-8-6-19-38(40)47(39-20-7-9-22-41(39)48)34-27-25-33(26-28-34)36-23-12-16-31-15-4-5-17-35(31)36/h1-30H. The van der Waals surface area contributed by atoms with Gasteiger partial charge in [-0.05, 0) is 95.0 Å². The van der Waals surface area contributed by atoms with Crippen molar-refractivity contribution in [2.75, 3.05) is 0 Å². The van der Waals surface area contributed by atoms with Gasteiger partial charge in [0.15, 0.2) is 0 Å². The molecule has 0 amide bonds. The Morgan fingerprint density at radius 2 is 0.796 bits per heavy atom. The Hall–Kier alpha value is -6.44. The lowest BCUT2D eigenvalue weighted by atomic mass is 9.83. The van der Waals surface area contributed by atoms with Crippen LogP contribution >= 0.6 is 0 Å². The zero-order valence-corrected chi connectivity index (χ0v) is 26.7. The lowest BCUT2D eigenvalue weighted by Crippen LogP contribution is -1.93. The Morgan fingerprint density at radius 3 is 1.51 bits per heavy atom.